The van der Waals surface area contributed by atoms with Gasteiger partial charge in [0.05, 0.1) is 7.11 Å². The van der Waals surface area contributed by atoms with E-state index in [4.69, 9.17) is 19.3 Å². The molecule has 1 atom stereocenters. The quantitative estimate of drug-likeness (QED) is 0.740. The number of aliphatic hydroxyl groups is 1. The summed E-state index contributed by atoms with van der Waals surface area (Å²) in [4.78, 5) is 0. The number of rotatable bonds is 7. The number of hydrogen-bond acceptors (Lipinski definition) is 4. The highest BCUT2D eigenvalue weighted by Gasteiger charge is 2.12. The van der Waals surface area contributed by atoms with Gasteiger partial charge in [0.1, 0.15) is 11.5 Å². The Hall–Kier alpha value is -1.26. The van der Waals surface area contributed by atoms with E-state index in [1.165, 1.54) is 0 Å². The minimum absolute atomic E-state index is 0.0553. The second kappa shape index (κ2) is 7.14. The number of ether oxygens (including phenoxy) is 3. The molecule has 0 radical (unpaired) electrons. The van der Waals surface area contributed by atoms with Gasteiger partial charge in [0, 0.05) is 25.2 Å². The molecule has 0 aliphatic rings. The van der Waals surface area contributed by atoms with E-state index in [0.717, 1.165) is 11.3 Å². The topological polar surface area (TPSA) is 47.9 Å². The van der Waals surface area contributed by atoms with Crippen molar-refractivity contribution < 1.29 is 19.3 Å². The summed E-state index contributed by atoms with van der Waals surface area (Å²) in [5, 5.41) is 9.06. The zero-order valence-corrected chi connectivity index (χ0v) is 10.6. The van der Waals surface area contributed by atoms with Gasteiger partial charge in [-0.1, -0.05) is 6.07 Å². The van der Waals surface area contributed by atoms with Crippen molar-refractivity contribution in [1.29, 1.82) is 0 Å². The van der Waals surface area contributed by atoms with Crippen molar-refractivity contribution in [3.63, 3.8) is 0 Å². The van der Waals surface area contributed by atoms with Crippen molar-refractivity contribution in [3.05, 3.63) is 23.8 Å². The van der Waals surface area contributed by atoms with Crippen LogP contribution in [0, 0.1) is 0 Å². The molecule has 0 saturated heterocycles. The van der Waals surface area contributed by atoms with Gasteiger partial charge in [-0.2, -0.15) is 0 Å². The number of hydrogen-bond donors (Lipinski definition) is 1. The summed E-state index contributed by atoms with van der Waals surface area (Å²) in [7, 11) is 1.60. The first-order valence-corrected chi connectivity index (χ1v) is 5.77. The van der Waals surface area contributed by atoms with Gasteiger partial charge in [-0.15, -0.1) is 0 Å². The molecule has 0 fully saturated rings. The molecule has 96 valence electrons. The van der Waals surface area contributed by atoms with Crippen LogP contribution in [0.5, 0.6) is 11.5 Å². The van der Waals surface area contributed by atoms with Crippen LogP contribution in [0.1, 0.15) is 19.4 Å². The van der Waals surface area contributed by atoms with Crippen LogP contribution in [0.3, 0.4) is 0 Å². The molecule has 0 heterocycles. The smallest absolute Gasteiger partial charge is 0.196 e. The molecule has 1 N–H and O–H groups in total. The fourth-order valence-electron chi connectivity index (χ4n) is 1.65. The number of aliphatic hydroxyl groups excluding tert-OH is 1. The highest BCUT2D eigenvalue weighted by molar-refractivity contribution is 5.45. The summed E-state index contributed by atoms with van der Waals surface area (Å²) in [6.45, 7) is 4.41. The summed E-state index contributed by atoms with van der Waals surface area (Å²) in [5.74, 6) is 1.42. The number of methoxy groups -OCH3 is 1. The minimum Gasteiger partial charge on any atom is -0.496 e. The van der Waals surface area contributed by atoms with Crippen molar-refractivity contribution >= 4 is 0 Å². The highest BCUT2D eigenvalue weighted by atomic mass is 16.7. The fraction of sp³-hybridized carbons (Fsp3) is 0.538. The molecule has 0 amide bonds. The van der Waals surface area contributed by atoms with Gasteiger partial charge in [0.15, 0.2) is 6.29 Å². The van der Waals surface area contributed by atoms with Gasteiger partial charge >= 0.3 is 0 Å². The van der Waals surface area contributed by atoms with Gasteiger partial charge in [-0.3, -0.25) is 0 Å². The normalized spacial score (nSPS) is 12.2. The van der Waals surface area contributed by atoms with Gasteiger partial charge in [-0.25, -0.2) is 0 Å². The molecule has 0 unspecified atom stereocenters. The molecule has 4 nitrogen and oxygen atoms in total. The first-order chi connectivity index (χ1) is 8.22. The first-order valence-electron chi connectivity index (χ1n) is 5.77. The van der Waals surface area contributed by atoms with Crippen molar-refractivity contribution in [2.45, 2.75) is 26.6 Å². The van der Waals surface area contributed by atoms with E-state index in [0.29, 0.717) is 18.8 Å². The lowest BCUT2D eigenvalue weighted by Crippen LogP contribution is -2.17. The molecule has 0 spiro atoms. The molecular weight excluding hydrogens is 220 g/mol. The Bertz CT molecular complexity index is 338. The summed E-state index contributed by atoms with van der Waals surface area (Å²) in [6, 6.07) is 5.56. The van der Waals surface area contributed by atoms with Crippen LogP contribution in [0.15, 0.2) is 18.2 Å². The van der Waals surface area contributed by atoms with Gasteiger partial charge in [-0.05, 0) is 26.0 Å². The van der Waals surface area contributed by atoms with E-state index in [9.17, 15) is 0 Å². The Morgan fingerprint density at radius 1 is 1.29 bits per heavy atom. The molecule has 1 rings (SSSR count). The lowest BCUT2D eigenvalue weighted by atomic mass is 10.1. The van der Waals surface area contributed by atoms with Gasteiger partial charge < -0.3 is 19.3 Å². The summed E-state index contributed by atoms with van der Waals surface area (Å²) in [6.07, 6.45) is 0.183. The lowest BCUT2D eigenvalue weighted by Gasteiger charge is -2.18. The van der Waals surface area contributed by atoms with E-state index in [-0.39, 0.29) is 12.9 Å². The van der Waals surface area contributed by atoms with Crippen molar-refractivity contribution in [1.82, 2.24) is 0 Å². The van der Waals surface area contributed by atoms with Crippen LogP contribution in [-0.2, 0) is 11.2 Å². The minimum atomic E-state index is -0.315. The van der Waals surface area contributed by atoms with E-state index < -0.39 is 0 Å². The van der Waals surface area contributed by atoms with Crippen molar-refractivity contribution in [2.24, 2.45) is 0 Å². The number of benzene rings is 1. The third kappa shape index (κ3) is 3.91. The summed E-state index contributed by atoms with van der Waals surface area (Å²) < 4.78 is 16.2. The largest absolute Gasteiger partial charge is 0.496 e. The summed E-state index contributed by atoms with van der Waals surface area (Å²) in [5.41, 5.74) is 0.865. The van der Waals surface area contributed by atoms with Crippen LogP contribution in [-0.4, -0.2) is 31.7 Å². The fourth-order valence-corrected chi connectivity index (χ4v) is 1.65. The zero-order chi connectivity index (χ0) is 12.7. The lowest BCUT2D eigenvalue weighted by molar-refractivity contribution is -0.0619. The van der Waals surface area contributed by atoms with Crippen LogP contribution in [0.2, 0.25) is 0 Å². The maximum atomic E-state index is 9.06. The maximum absolute atomic E-state index is 9.06. The third-order valence-corrected chi connectivity index (χ3v) is 2.37. The van der Waals surface area contributed by atoms with Gasteiger partial charge in [0.2, 0.25) is 0 Å². The molecule has 1 aromatic carbocycles. The Kier molecular flexibility index (Phi) is 5.80. The average molecular weight is 240 g/mol. The SMILES string of the molecule is CCO[C@H](C)Oc1cccc(OC)c1CCO. The van der Waals surface area contributed by atoms with Crippen LogP contribution in [0.25, 0.3) is 0 Å². The van der Waals surface area contributed by atoms with Crippen LogP contribution >= 0.6 is 0 Å². The van der Waals surface area contributed by atoms with E-state index in [1.54, 1.807) is 7.11 Å². The Morgan fingerprint density at radius 2 is 2.00 bits per heavy atom. The second-order valence-electron chi connectivity index (χ2n) is 3.55. The third-order valence-electron chi connectivity index (χ3n) is 2.37. The molecule has 4 heteroatoms. The van der Waals surface area contributed by atoms with E-state index in [2.05, 4.69) is 0 Å². The molecule has 17 heavy (non-hydrogen) atoms. The van der Waals surface area contributed by atoms with Crippen LogP contribution < -0.4 is 9.47 Å². The van der Waals surface area contributed by atoms with Gasteiger partial charge in [0.25, 0.3) is 0 Å². The Labute approximate surface area is 102 Å². The second-order valence-corrected chi connectivity index (χ2v) is 3.55. The first kappa shape index (κ1) is 13.8. The molecule has 0 aromatic heterocycles. The molecule has 0 aliphatic heterocycles. The molecule has 0 bridgehead atoms. The monoisotopic (exact) mass is 240 g/mol. The van der Waals surface area contributed by atoms with Crippen LogP contribution in [0.4, 0.5) is 0 Å². The zero-order valence-electron chi connectivity index (χ0n) is 10.6. The molecular formula is C13H20O4. The van der Waals surface area contributed by atoms with Crippen molar-refractivity contribution in [2.75, 3.05) is 20.3 Å². The summed E-state index contributed by atoms with van der Waals surface area (Å²) >= 11 is 0. The highest BCUT2D eigenvalue weighted by Crippen LogP contribution is 2.29. The Balaban J connectivity index is 2.89. The van der Waals surface area contributed by atoms with Crippen molar-refractivity contribution in [3.8, 4) is 11.5 Å². The maximum Gasteiger partial charge on any atom is 0.196 e. The molecule has 1 aromatic rings. The molecule has 0 aliphatic carbocycles. The van der Waals surface area contributed by atoms with E-state index in [1.807, 2.05) is 32.0 Å². The average Bonchev–Trinajstić information content (AvgIpc) is 2.32. The Morgan fingerprint density at radius 3 is 2.59 bits per heavy atom. The standard InChI is InChI=1S/C13H20O4/c1-4-16-10(2)17-13-7-5-6-12(15-3)11(13)8-9-14/h5-7,10,14H,4,8-9H2,1-3H3/t10-/m0/s1. The molecule has 0 saturated carbocycles. The predicted molar refractivity (Wildman–Crippen MR) is 65.5 cm³/mol. The predicted octanol–water partition coefficient (Wildman–Crippen LogP) is 1.99. The van der Waals surface area contributed by atoms with E-state index >= 15 is 0 Å².